The first-order valence-corrected chi connectivity index (χ1v) is 6.03. The molecular formula is C13H15FN4O. The van der Waals surface area contributed by atoms with Crippen molar-refractivity contribution in [2.75, 3.05) is 0 Å². The van der Waals surface area contributed by atoms with Gasteiger partial charge in [-0.1, -0.05) is 12.1 Å². The van der Waals surface area contributed by atoms with Gasteiger partial charge < -0.3 is 9.88 Å². The van der Waals surface area contributed by atoms with Crippen LogP contribution in [-0.4, -0.2) is 20.7 Å². The van der Waals surface area contributed by atoms with Gasteiger partial charge in [-0.15, -0.1) is 10.2 Å². The Labute approximate surface area is 110 Å². The molecule has 1 heterocycles. The molecule has 2 aromatic rings. The molecule has 0 atom stereocenters. The molecule has 100 valence electrons. The number of halogens is 1. The molecule has 0 saturated carbocycles. The van der Waals surface area contributed by atoms with Crippen LogP contribution in [0.2, 0.25) is 0 Å². The number of aryl methyl sites for hydroxylation is 2. The second kappa shape index (κ2) is 5.60. The first-order valence-electron chi connectivity index (χ1n) is 6.03. The summed E-state index contributed by atoms with van der Waals surface area (Å²) >= 11 is 0. The average Bonchev–Trinajstić information content (AvgIpc) is 2.86. The van der Waals surface area contributed by atoms with Crippen LogP contribution in [0.5, 0.6) is 0 Å². The van der Waals surface area contributed by atoms with E-state index in [9.17, 15) is 9.18 Å². The smallest absolute Gasteiger partial charge is 0.254 e. The summed E-state index contributed by atoms with van der Waals surface area (Å²) in [5, 5.41) is 10.3. The lowest BCUT2D eigenvalue weighted by Crippen LogP contribution is -2.25. The molecule has 19 heavy (non-hydrogen) atoms. The molecule has 1 aromatic heterocycles. The third kappa shape index (κ3) is 2.78. The van der Waals surface area contributed by atoms with E-state index >= 15 is 0 Å². The third-order valence-electron chi connectivity index (χ3n) is 2.88. The molecule has 5 nitrogen and oxygen atoms in total. The summed E-state index contributed by atoms with van der Waals surface area (Å²) < 4.78 is 15.6. The van der Waals surface area contributed by atoms with Gasteiger partial charge in [-0.25, -0.2) is 4.39 Å². The van der Waals surface area contributed by atoms with E-state index in [2.05, 4.69) is 15.5 Å². The number of nitrogens with one attached hydrogen (secondary N) is 1. The van der Waals surface area contributed by atoms with E-state index in [4.69, 9.17) is 0 Å². The minimum Gasteiger partial charge on any atom is -0.345 e. The zero-order valence-corrected chi connectivity index (χ0v) is 10.9. The zero-order valence-electron chi connectivity index (χ0n) is 10.9. The molecule has 0 spiro atoms. The van der Waals surface area contributed by atoms with Gasteiger partial charge in [0, 0.05) is 6.54 Å². The highest BCUT2D eigenvalue weighted by Gasteiger charge is 2.13. The van der Waals surface area contributed by atoms with Crippen LogP contribution in [-0.2, 0) is 13.1 Å². The lowest BCUT2D eigenvalue weighted by Gasteiger charge is -2.07. The van der Waals surface area contributed by atoms with Gasteiger partial charge in [0.15, 0.2) is 5.82 Å². The van der Waals surface area contributed by atoms with E-state index in [-0.39, 0.29) is 12.1 Å². The molecule has 0 saturated heterocycles. The predicted octanol–water partition coefficient (Wildman–Crippen LogP) is 1.68. The summed E-state index contributed by atoms with van der Waals surface area (Å²) in [4.78, 5) is 11.9. The number of carbonyl (C=O) groups excluding carboxylic acids is 1. The number of amides is 1. The van der Waals surface area contributed by atoms with Crippen LogP contribution in [0.25, 0.3) is 0 Å². The Morgan fingerprint density at radius 3 is 3.00 bits per heavy atom. The molecule has 0 unspecified atom stereocenters. The zero-order chi connectivity index (χ0) is 13.8. The van der Waals surface area contributed by atoms with Crippen LogP contribution in [0.4, 0.5) is 4.39 Å². The van der Waals surface area contributed by atoms with Crippen molar-refractivity contribution in [3.63, 3.8) is 0 Å². The Morgan fingerprint density at radius 1 is 1.47 bits per heavy atom. The van der Waals surface area contributed by atoms with Crippen molar-refractivity contribution in [1.29, 1.82) is 0 Å². The van der Waals surface area contributed by atoms with Crippen molar-refractivity contribution in [3.8, 4) is 0 Å². The molecule has 0 aliphatic rings. The molecule has 0 aliphatic heterocycles. The van der Waals surface area contributed by atoms with Crippen molar-refractivity contribution >= 4 is 5.91 Å². The van der Waals surface area contributed by atoms with Gasteiger partial charge in [-0.05, 0) is 25.5 Å². The van der Waals surface area contributed by atoms with E-state index in [0.717, 1.165) is 6.54 Å². The summed E-state index contributed by atoms with van der Waals surface area (Å²) in [5.41, 5.74) is 0.493. The molecular weight excluding hydrogens is 247 g/mol. The highest BCUT2D eigenvalue weighted by atomic mass is 19.1. The molecule has 0 radical (unpaired) electrons. The van der Waals surface area contributed by atoms with Gasteiger partial charge >= 0.3 is 0 Å². The van der Waals surface area contributed by atoms with Crippen LogP contribution in [0, 0.1) is 12.7 Å². The Bertz CT molecular complexity index is 594. The fourth-order valence-electron chi connectivity index (χ4n) is 1.76. The molecule has 1 aromatic carbocycles. The van der Waals surface area contributed by atoms with E-state index < -0.39 is 11.7 Å². The number of hydrogen-bond donors (Lipinski definition) is 1. The second-order valence-electron chi connectivity index (χ2n) is 4.15. The maximum absolute atomic E-state index is 13.8. The van der Waals surface area contributed by atoms with Crippen LogP contribution in [0.3, 0.4) is 0 Å². The number of nitrogens with zero attached hydrogens (tertiary/aromatic N) is 3. The Balaban J connectivity index is 2.08. The second-order valence-corrected chi connectivity index (χ2v) is 4.15. The van der Waals surface area contributed by atoms with Crippen LogP contribution in [0.1, 0.15) is 28.7 Å². The number of hydrogen-bond acceptors (Lipinski definition) is 3. The van der Waals surface area contributed by atoms with E-state index in [0.29, 0.717) is 11.4 Å². The number of carbonyl (C=O) groups is 1. The average molecular weight is 262 g/mol. The van der Waals surface area contributed by atoms with E-state index in [1.165, 1.54) is 6.07 Å². The summed E-state index contributed by atoms with van der Waals surface area (Å²) in [6.45, 7) is 4.52. The van der Waals surface area contributed by atoms with Crippen molar-refractivity contribution in [2.24, 2.45) is 0 Å². The van der Waals surface area contributed by atoms with Gasteiger partial charge in [0.1, 0.15) is 12.1 Å². The van der Waals surface area contributed by atoms with E-state index in [1.807, 2.05) is 11.5 Å². The molecule has 2 rings (SSSR count). The van der Waals surface area contributed by atoms with Crippen LogP contribution >= 0.6 is 0 Å². The molecule has 6 heteroatoms. The fourth-order valence-corrected chi connectivity index (χ4v) is 1.76. The van der Waals surface area contributed by atoms with Crippen LogP contribution < -0.4 is 5.32 Å². The molecule has 1 N–H and O–H groups in total. The minimum absolute atomic E-state index is 0.0440. The normalized spacial score (nSPS) is 10.5. The van der Waals surface area contributed by atoms with Gasteiger partial charge in [0.25, 0.3) is 5.91 Å². The number of aromatic nitrogens is 3. The van der Waals surface area contributed by atoms with Crippen molar-refractivity contribution in [2.45, 2.75) is 26.9 Å². The monoisotopic (exact) mass is 262 g/mol. The first kappa shape index (κ1) is 13.2. The summed E-state index contributed by atoms with van der Waals surface area (Å²) in [6, 6.07) is 4.74. The van der Waals surface area contributed by atoms with Crippen LogP contribution in [0.15, 0.2) is 24.5 Å². The quantitative estimate of drug-likeness (QED) is 0.911. The number of rotatable bonds is 4. The summed E-state index contributed by atoms with van der Waals surface area (Å²) in [5.74, 6) is -0.298. The summed E-state index contributed by atoms with van der Waals surface area (Å²) in [7, 11) is 0. The molecule has 0 fully saturated rings. The maximum Gasteiger partial charge on any atom is 0.254 e. The Kier molecular flexibility index (Phi) is 3.89. The maximum atomic E-state index is 13.8. The largest absolute Gasteiger partial charge is 0.345 e. The standard InChI is InChI=1S/C13H15FN4O/c1-3-18-8-16-17-11(18)7-15-13(19)10-6-4-5-9(2)12(10)14/h4-6,8H,3,7H2,1-2H3,(H,15,19). The predicted molar refractivity (Wildman–Crippen MR) is 68.0 cm³/mol. The third-order valence-corrected chi connectivity index (χ3v) is 2.88. The van der Waals surface area contributed by atoms with Gasteiger partial charge in [0.05, 0.1) is 12.1 Å². The van der Waals surface area contributed by atoms with E-state index in [1.54, 1.807) is 25.4 Å². The molecule has 1 amide bonds. The SMILES string of the molecule is CCn1cnnc1CNC(=O)c1cccc(C)c1F. The van der Waals surface area contributed by atoms with Gasteiger partial charge in [0.2, 0.25) is 0 Å². The van der Waals surface area contributed by atoms with Crippen molar-refractivity contribution in [3.05, 3.63) is 47.3 Å². The Hall–Kier alpha value is -2.24. The lowest BCUT2D eigenvalue weighted by molar-refractivity contribution is 0.0945. The van der Waals surface area contributed by atoms with Crippen molar-refractivity contribution < 1.29 is 9.18 Å². The fraction of sp³-hybridized carbons (Fsp3) is 0.308. The highest BCUT2D eigenvalue weighted by molar-refractivity contribution is 5.94. The molecule has 0 bridgehead atoms. The first-order chi connectivity index (χ1) is 9.13. The van der Waals surface area contributed by atoms with Gasteiger partial charge in [-0.3, -0.25) is 4.79 Å². The Morgan fingerprint density at radius 2 is 2.26 bits per heavy atom. The highest BCUT2D eigenvalue weighted by Crippen LogP contribution is 2.11. The lowest BCUT2D eigenvalue weighted by atomic mass is 10.1. The van der Waals surface area contributed by atoms with Crippen molar-refractivity contribution in [1.82, 2.24) is 20.1 Å². The topological polar surface area (TPSA) is 59.8 Å². The summed E-state index contributed by atoms with van der Waals surface area (Å²) in [6.07, 6.45) is 1.59. The number of benzene rings is 1. The molecule has 0 aliphatic carbocycles. The van der Waals surface area contributed by atoms with Gasteiger partial charge in [-0.2, -0.15) is 0 Å². The minimum atomic E-state index is -0.489.